The zero-order valence-electron chi connectivity index (χ0n) is 16.1. The summed E-state index contributed by atoms with van der Waals surface area (Å²) in [6.07, 6.45) is 2.76. The van der Waals surface area contributed by atoms with Crippen LogP contribution in [0.4, 0.5) is 0 Å². The zero-order valence-corrected chi connectivity index (χ0v) is 19.2. The lowest BCUT2D eigenvalue weighted by molar-refractivity contribution is -0.149. The lowest BCUT2D eigenvalue weighted by Crippen LogP contribution is -2.47. The molecule has 1 fully saturated rings. The van der Waals surface area contributed by atoms with Crippen molar-refractivity contribution < 1.29 is 9.53 Å². The van der Waals surface area contributed by atoms with Crippen LogP contribution in [0.3, 0.4) is 0 Å². The Bertz CT molecular complexity index is 543. The standard InChI is InChI=1S/C19H31N3O2S.HI/c1-4-20-19(21-14-15(3)13-17-7-6-12-25-17)22-10-8-16(9-11-22)18(23)24-5-2;/h6-7,12,15-16H,4-5,8-11,13-14H2,1-3H3,(H,20,21);1H. The lowest BCUT2D eigenvalue weighted by atomic mass is 9.97. The highest BCUT2D eigenvalue weighted by atomic mass is 127. The van der Waals surface area contributed by atoms with Gasteiger partial charge in [0.15, 0.2) is 5.96 Å². The van der Waals surface area contributed by atoms with Crippen molar-refractivity contribution in [2.45, 2.75) is 40.0 Å². The topological polar surface area (TPSA) is 53.9 Å². The summed E-state index contributed by atoms with van der Waals surface area (Å²) < 4.78 is 5.15. The summed E-state index contributed by atoms with van der Waals surface area (Å²) in [6, 6.07) is 4.30. The molecule has 7 heteroatoms. The number of guanidine groups is 1. The first-order chi connectivity index (χ1) is 12.1. The molecule has 1 unspecified atom stereocenters. The molecule has 2 heterocycles. The highest BCUT2D eigenvalue weighted by Gasteiger charge is 2.27. The highest BCUT2D eigenvalue weighted by Crippen LogP contribution is 2.19. The van der Waals surface area contributed by atoms with Crippen molar-refractivity contribution in [1.82, 2.24) is 10.2 Å². The minimum absolute atomic E-state index is 0. The number of nitrogens with one attached hydrogen (secondary N) is 1. The molecular weight excluding hydrogens is 461 g/mol. The molecule has 1 saturated heterocycles. The van der Waals surface area contributed by atoms with Crippen molar-refractivity contribution in [3.05, 3.63) is 22.4 Å². The molecule has 148 valence electrons. The van der Waals surface area contributed by atoms with Crippen molar-refractivity contribution >= 4 is 47.2 Å². The third kappa shape index (κ3) is 7.42. The Labute approximate surface area is 178 Å². The summed E-state index contributed by atoms with van der Waals surface area (Å²) in [5, 5.41) is 5.53. The van der Waals surface area contributed by atoms with Gasteiger partial charge in [0.25, 0.3) is 0 Å². The minimum atomic E-state index is -0.0475. The van der Waals surface area contributed by atoms with Gasteiger partial charge in [-0.25, -0.2) is 0 Å². The fourth-order valence-corrected chi connectivity index (χ4v) is 3.96. The van der Waals surface area contributed by atoms with Gasteiger partial charge < -0.3 is 15.0 Å². The Morgan fingerprint density at radius 1 is 1.42 bits per heavy atom. The van der Waals surface area contributed by atoms with E-state index in [2.05, 4.69) is 41.6 Å². The summed E-state index contributed by atoms with van der Waals surface area (Å²) >= 11 is 1.81. The maximum Gasteiger partial charge on any atom is 0.309 e. The van der Waals surface area contributed by atoms with Crippen LogP contribution in [0.15, 0.2) is 22.5 Å². The van der Waals surface area contributed by atoms with Gasteiger partial charge in [0.2, 0.25) is 0 Å². The Morgan fingerprint density at radius 2 is 2.15 bits per heavy atom. The molecule has 1 aromatic heterocycles. The van der Waals surface area contributed by atoms with Gasteiger partial charge in [-0.05, 0) is 50.5 Å². The Morgan fingerprint density at radius 3 is 2.73 bits per heavy atom. The van der Waals surface area contributed by atoms with Crippen molar-refractivity contribution in [1.29, 1.82) is 0 Å². The Kier molecular flexibility index (Phi) is 11.2. The number of carbonyl (C=O) groups excluding carboxylic acids is 1. The van der Waals surface area contributed by atoms with E-state index in [-0.39, 0.29) is 35.9 Å². The first-order valence-electron chi connectivity index (χ1n) is 9.36. The molecular formula is C19H32IN3O2S. The molecule has 5 nitrogen and oxygen atoms in total. The number of thiophene rings is 1. The first-order valence-corrected chi connectivity index (χ1v) is 10.2. The third-order valence-electron chi connectivity index (χ3n) is 4.43. The van der Waals surface area contributed by atoms with Gasteiger partial charge in [-0.2, -0.15) is 0 Å². The number of hydrogen-bond acceptors (Lipinski definition) is 4. The quantitative estimate of drug-likeness (QED) is 0.272. The largest absolute Gasteiger partial charge is 0.466 e. The van der Waals surface area contributed by atoms with E-state index in [1.54, 1.807) is 0 Å². The van der Waals surface area contributed by atoms with Crippen LogP contribution in [0.2, 0.25) is 0 Å². The van der Waals surface area contributed by atoms with Gasteiger partial charge in [-0.1, -0.05) is 13.0 Å². The van der Waals surface area contributed by atoms with Gasteiger partial charge in [0, 0.05) is 31.1 Å². The number of aliphatic imine (C=N–C) groups is 1. The first kappa shape index (κ1) is 23.2. The molecule has 1 aliphatic heterocycles. The average Bonchev–Trinajstić information content (AvgIpc) is 3.12. The number of nitrogens with zero attached hydrogens (tertiary/aromatic N) is 2. The summed E-state index contributed by atoms with van der Waals surface area (Å²) in [4.78, 5) is 20.4. The number of likely N-dealkylation sites (tertiary alicyclic amines) is 1. The number of hydrogen-bond donors (Lipinski definition) is 1. The molecule has 1 aliphatic rings. The van der Waals surface area contributed by atoms with E-state index in [4.69, 9.17) is 9.73 Å². The van der Waals surface area contributed by atoms with Crippen LogP contribution in [0.25, 0.3) is 0 Å². The molecule has 0 spiro atoms. The highest BCUT2D eigenvalue weighted by molar-refractivity contribution is 14.0. The van der Waals surface area contributed by atoms with Crippen LogP contribution in [-0.2, 0) is 16.0 Å². The summed E-state index contributed by atoms with van der Waals surface area (Å²) in [5.41, 5.74) is 0. The van der Waals surface area contributed by atoms with Gasteiger partial charge in [0.05, 0.1) is 12.5 Å². The minimum Gasteiger partial charge on any atom is -0.466 e. The molecule has 1 aromatic rings. The number of rotatable bonds is 7. The number of halogens is 1. The summed E-state index contributed by atoms with van der Waals surface area (Å²) in [6.45, 7) is 10.1. The fourth-order valence-electron chi connectivity index (χ4n) is 3.09. The van der Waals surface area contributed by atoms with Gasteiger partial charge in [0.1, 0.15) is 0 Å². The molecule has 1 atom stereocenters. The van der Waals surface area contributed by atoms with Crippen LogP contribution < -0.4 is 5.32 Å². The number of ether oxygens (including phenoxy) is 1. The van der Waals surface area contributed by atoms with Crippen LogP contribution in [-0.4, -0.2) is 49.6 Å². The maximum atomic E-state index is 11.9. The van der Waals surface area contributed by atoms with Gasteiger partial charge >= 0.3 is 5.97 Å². The second-order valence-corrected chi connectivity index (χ2v) is 7.63. The SMILES string of the molecule is CCNC(=NCC(C)Cc1cccs1)N1CCC(C(=O)OCC)CC1.I. The predicted molar refractivity (Wildman–Crippen MR) is 120 cm³/mol. The second-order valence-electron chi connectivity index (χ2n) is 6.60. The molecule has 0 aromatic carbocycles. The molecule has 0 saturated carbocycles. The van der Waals surface area contributed by atoms with Gasteiger partial charge in [-0.15, -0.1) is 35.3 Å². The predicted octanol–water partition coefficient (Wildman–Crippen LogP) is 3.79. The number of piperidine rings is 1. The normalized spacial score (nSPS) is 16.7. The maximum absolute atomic E-state index is 11.9. The monoisotopic (exact) mass is 493 g/mol. The molecule has 0 radical (unpaired) electrons. The molecule has 0 amide bonds. The molecule has 1 N–H and O–H groups in total. The number of carbonyl (C=O) groups is 1. The Hall–Kier alpha value is -0.830. The van der Waals surface area contributed by atoms with Crippen LogP contribution in [0.1, 0.15) is 38.5 Å². The lowest BCUT2D eigenvalue weighted by Gasteiger charge is -2.33. The fraction of sp³-hybridized carbons (Fsp3) is 0.684. The third-order valence-corrected chi connectivity index (χ3v) is 5.33. The number of esters is 1. The summed E-state index contributed by atoms with van der Waals surface area (Å²) in [5.74, 6) is 1.48. The van der Waals surface area contributed by atoms with E-state index in [1.807, 2.05) is 18.3 Å². The zero-order chi connectivity index (χ0) is 18.1. The van der Waals surface area contributed by atoms with Crippen molar-refractivity contribution in [2.75, 3.05) is 32.8 Å². The molecule has 0 aliphatic carbocycles. The van der Waals surface area contributed by atoms with E-state index in [9.17, 15) is 4.79 Å². The summed E-state index contributed by atoms with van der Waals surface area (Å²) in [7, 11) is 0. The molecule has 26 heavy (non-hydrogen) atoms. The van der Waals surface area contributed by atoms with Gasteiger partial charge in [-0.3, -0.25) is 9.79 Å². The van der Waals surface area contributed by atoms with Crippen molar-refractivity contribution in [3.63, 3.8) is 0 Å². The van der Waals surface area contributed by atoms with E-state index < -0.39 is 0 Å². The molecule has 2 rings (SSSR count). The van der Waals surface area contributed by atoms with E-state index >= 15 is 0 Å². The van der Waals surface area contributed by atoms with Crippen molar-refractivity contribution in [2.24, 2.45) is 16.8 Å². The van der Waals surface area contributed by atoms with Crippen LogP contribution >= 0.6 is 35.3 Å². The molecule has 0 bridgehead atoms. The van der Waals surface area contributed by atoms with E-state index in [0.29, 0.717) is 12.5 Å². The second kappa shape index (κ2) is 12.5. The average molecular weight is 493 g/mol. The van der Waals surface area contributed by atoms with Crippen molar-refractivity contribution in [3.8, 4) is 0 Å². The Balaban J connectivity index is 0.00000338. The smallest absolute Gasteiger partial charge is 0.309 e. The van der Waals surface area contributed by atoms with Crippen LogP contribution in [0.5, 0.6) is 0 Å². The van der Waals surface area contributed by atoms with E-state index in [1.165, 1.54) is 4.88 Å². The van der Waals surface area contributed by atoms with Crippen LogP contribution in [0, 0.1) is 11.8 Å². The van der Waals surface area contributed by atoms with E-state index in [0.717, 1.165) is 51.4 Å².